The monoisotopic (exact) mass is 227 g/mol. The van der Waals surface area contributed by atoms with Crippen LogP contribution >= 0.6 is 0 Å². The van der Waals surface area contributed by atoms with E-state index in [0.29, 0.717) is 12.0 Å². The predicted octanol–water partition coefficient (Wildman–Crippen LogP) is 3.72. The smallest absolute Gasteiger partial charge is 0.128 e. The quantitative estimate of drug-likeness (QED) is 0.575. The minimum absolute atomic E-state index is 0.166. The van der Waals surface area contributed by atoms with Gasteiger partial charge in [-0.2, -0.15) is 0 Å². The van der Waals surface area contributed by atoms with Gasteiger partial charge in [0, 0.05) is 23.6 Å². The van der Waals surface area contributed by atoms with Gasteiger partial charge >= 0.3 is 0 Å². The summed E-state index contributed by atoms with van der Waals surface area (Å²) in [6.45, 7) is 1.82. The number of hydrogen-bond acceptors (Lipinski definition) is 1. The number of aromatic nitrogens is 1. The van der Waals surface area contributed by atoms with Crippen LogP contribution < -0.4 is 0 Å². The molecule has 0 atom stereocenters. The van der Waals surface area contributed by atoms with Crippen LogP contribution in [0.3, 0.4) is 0 Å². The Bertz CT molecular complexity index is 578. The van der Waals surface area contributed by atoms with Gasteiger partial charge in [-0.25, -0.2) is 4.39 Å². The first-order chi connectivity index (χ1) is 8.33. The highest BCUT2D eigenvalue weighted by molar-refractivity contribution is 5.81. The topological polar surface area (TPSA) is 12.9 Å². The molecule has 86 valence electrons. The highest BCUT2D eigenvalue weighted by atomic mass is 19.1. The van der Waals surface area contributed by atoms with Gasteiger partial charge in [-0.15, -0.1) is 11.8 Å². The standard InChI is InChI=1S/C15H14FN/c1-2-3-4-5-8-13-14(16)10-9-12-7-6-11-17-15(12)13/h6-7,9-11H,4-5,8H2,1H3. The van der Waals surface area contributed by atoms with Crippen LogP contribution in [0.1, 0.15) is 25.3 Å². The number of fused-ring (bicyclic) bond motifs is 1. The summed E-state index contributed by atoms with van der Waals surface area (Å²) in [5.74, 6) is 5.67. The molecular formula is C15H14FN. The van der Waals surface area contributed by atoms with E-state index in [-0.39, 0.29) is 5.82 Å². The molecule has 0 aliphatic carbocycles. The molecule has 1 nitrogen and oxygen atoms in total. The molecule has 2 aromatic rings. The lowest BCUT2D eigenvalue weighted by Gasteiger charge is -2.06. The van der Waals surface area contributed by atoms with Crippen molar-refractivity contribution in [3.05, 3.63) is 41.8 Å². The third kappa shape index (κ3) is 2.62. The second-order valence-electron chi connectivity index (χ2n) is 3.88. The molecule has 0 amide bonds. The number of benzene rings is 1. The maximum Gasteiger partial charge on any atom is 0.128 e. The first kappa shape index (κ1) is 11.6. The van der Waals surface area contributed by atoms with Crippen LogP contribution in [0.25, 0.3) is 10.9 Å². The number of nitrogens with zero attached hydrogens (tertiary/aromatic N) is 1. The third-order valence-corrected chi connectivity index (χ3v) is 2.73. The molecule has 0 saturated carbocycles. The van der Waals surface area contributed by atoms with Crippen LogP contribution in [-0.2, 0) is 6.42 Å². The summed E-state index contributed by atoms with van der Waals surface area (Å²) in [5.41, 5.74) is 1.48. The molecule has 0 spiro atoms. The molecule has 0 saturated heterocycles. The van der Waals surface area contributed by atoms with Crippen molar-refractivity contribution in [2.24, 2.45) is 0 Å². The van der Waals surface area contributed by atoms with Crippen molar-refractivity contribution in [1.82, 2.24) is 4.98 Å². The lowest BCUT2D eigenvalue weighted by atomic mass is 10.0. The Morgan fingerprint density at radius 1 is 1.29 bits per heavy atom. The minimum atomic E-state index is -0.166. The van der Waals surface area contributed by atoms with E-state index in [1.807, 2.05) is 19.1 Å². The van der Waals surface area contributed by atoms with Gasteiger partial charge in [0.1, 0.15) is 5.82 Å². The number of aryl methyl sites for hydroxylation is 1. The summed E-state index contributed by atoms with van der Waals surface area (Å²) >= 11 is 0. The van der Waals surface area contributed by atoms with Gasteiger partial charge in [-0.3, -0.25) is 4.98 Å². The summed E-state index contributed by atoms with van der Waals surface area (Å²) in [6.07, 6.45) is 4.07. The zero-order valence-corrected chi connectivity index (χ0v) is 9.83. The molecule has 1 heterocycles. The molecule has 0 aliphatic rings. The van der Waals surface area contributed by atoms with Gasteiger partial charge in [-0.05, 0) is 38.0 Å². The van der Waals surface area contributed by atoms with Crippen LogP contribution in [0, 0.1) is 17.7 Å². The van der Waals surface area contributed by atoms with Gasteiger partial charge in [0.15, 0.2) is 0 Å². The Labute approximate surface area is 101 Å². The number of unbranched alkanes of at least 4 members (excludes halogenated alkanes) is 1. The SMILES string of the molecule is CC#CCCCc1c(F)ccc2cccnc12. The van der Waals surface area contributed by atoms with E-state index in [1.165, 1.54) is 6.07 Å². The first-order valence-electron chi connectivity index (χ1n) is 5.74. The van der Waals surface area contributed by atoms with Crippen LogP contribution in [-0.4, -0.2) is 4.98 Å². The van der Waals surface area contributed by atoms with Crippen LogP contribution in [0.15, 0.2) is 30.5 Å². The van der Waals surface area contributed by atoms with Crippen molar-refractivity contribution >= 4 is 10.9 Å². The number of halogens is 1. The number of rotatable bonds is 3. The summed E-state index contributed by atoms with van der Waals surface area (Å²) in [6, 6.07) is 7.11. The van der Waals surface area contributed by atoms with E-state index in [1.54, 1.807) is 12.3 Å². The van der Waals surface area contributed by atoms with Gasteiger partial charge in [0.2, 0.25) is 0 Å². The molecular weight excluding hydrogens is 213 g/mol. The average Bonchev–Trinajstić information content (AvgIpc) is 2.37. The molecule has 0 radical (unpaired) electrons. The van der Waals surface area contributed by atoms with Crippen molar-refractivity contribution in [2.75, 3.05) is 0 Å². The van der Waals surface area contributed by atoms with Crippen LogP contribution in [0.5, 0.6) is 0 Å². The number of hydrogen-bond donors (Lipinski definition) is 0. The molecule has 0 unspecified atom stereocenters. The molecule has 1 aromatic heterocycles. The van der Waals surface area contributed by atoms with Gasteiger partial charge in [0.25, 0.3) is 0 Å². The Morgan fingerprint density at radius 3 is 3.00 bits per heavy atom. The summed E-state index contributed by atoms with van der Waals surface area (Å²) in [7, 11) is 0. The second kappa shape index (κ2) is 5.45. The van der Waals surface area contributed by atoms with E-state index in [4.69, 9.17) is 0 Å². The molecule has 2 heteroatoms. The molecule has 2 rings (SSSR count). The lowest BCUT2D eigenvalue weighted by molar-refractivity contribution is 0.608. The summed E-state index contributed by atoms with van der Waals surface area (Å²) < 4.78 is 13.8. The normalized spacial score (nSPS) is 10.0. The zero-order chi connectivity index (χ0) is 12.1. The second-order valence-corrected chi connectivity index (χ2v) is 3.88. The fourth-order valence-corrected chi connectivity index (χ4v) is 1.90. The van der Waals surface area contributed by atoms with E-state index in [9.17, 15) is 4.39 Å². The first-order valence-corrected chi connectivity index (χ1v) is 5.74. The van der Waals surface area contributed by atoms with Crippen molar-refractivity contribution in [3.63, 3.8) is 0 Å². The summed E-state index contributed by atoms with van der Waals surface area (Å²) in [4.78, 5) is 4.26. The molecule has 1 aromatic carbocycles. The predicted molar refractivity (Wildman–Crippen MR) is 68.1 cm³/mol. The van der Waals surface area contributed by atoms with Crippen molar-refractivity contribution in [3.8, 4) is 11.8 Å². The molecule has 0 bridgehead atoms. The Kier molecular flexibility index (Phi) is 3.72. The molecule has 0 aliphatic heterocycles. The molecule has 0 fully saturated rings. The van der Waals surface area contributed by atoms with Crippen molar-refractivity contribution in [2.45, 2.75) is 26.2 Å². The largest absolute Gasteiger partial charge is 0.256 e. The van der Waals surface area contributed by atoms with Gasteiger partial charge < -0.3 is 0 Å². The number of pyridine rings is 1. The Balaban J connectivity index is 2.30. The maximum atomic E-state index is 13.8. The van der Waals surface area contributed by atoms with E-state index in [0.717, 1.165) is 23.7 Å². The van der Waals surface area contributed by atoms with Gasteiger partial charge in [-0.1, -0.05) is 6.07 Å². The van der Waals surface area contributed by atoms with E-state index in [2.05, 4.69) is 16.8 Å². The Morgan fingerprint density at radius 2 is 2.18 bits per heavy atom. The zero-order valence-electron chi connectivity index (χ0n) is 9.83. The van der Waals surface area contributed by atoms with Crippen molar-refractivity contribution in [1.29, 1.82) is 0 Å². The molecule has 0 N–H and O–H groups in total. The van der Waals surface area contributed by atoms with Crippen molar-refractivity contribution < 1.29 is 4.39 Å². The fourth-order valence-electron chi connectivity index (χ4n) is 1.90. The maximum absolute atomic E-state index is 13.8. The lowest BCUT2D eigenvalue weighted by Crippen LogP contribution is -1.94. The van der Waals surface area contributed by atoms with Crippen LogP contribution in [0.4, 0.5) is 4.39 Å². The highest BCUT2D eigenvalue weighted by Gasteiger charge is 2.07. The van der Waals surface area contributed by atoms with Gasteiger partial charge in [0.05, 0.1) is 5.52 Å². The average molecular weight is 227 g/mol. The molecule has 17 heavy (non-hydrogen) atoms. The third-order valence-electron chi connectivity index (χ3n) is 2.73. The summed E-state index contributed by atoms with van der Waals surface area (Å²) in [5, 5.41) is 0.991. The highest BCUT2D eigenvalue weighted by Crippen LogP contribution is 2.21. The fraction of sp³-hybridized carbons (Fsp3) is 0.267. The van der Waals surface area contributed by atoms with Crippen LogP contribution in [0.2, 0.25) is 0 Å². The van der Waals surface area contributed by atoms with E-state index < -0.39 is 0 Å². The minimum Gasteiger partial charge on any atom is -0.256 e. The Hall–Kier alpha value is -1.88. The van der Waals surface area contributed by atoms with E-state index >= 15 is 0 Å².